The van der Waals surface area contributed by atoms with Crippen molar-refractivity contribution in [1.82, 2.24) is 5.32 Å². The average Bonchev–Trinajstić information content (AvgIpc) is 2.44. The highest BCUT2D eigenvalue weighted by molar-refractivity contribution is 4.57. The van der Waals surface area contributed by atoms with Gasteiger partial charge in [0.15, 0.2) is 0 Å². The second-order valence-electron chi connectivity index (χ2n) is 5.93. The molecule has 0 aliphatic rings. The third kappa shape index (κ3) is 14.3. The first-order valence-electron chi connectivity index (χ1n) is 8.82. The number of aliphatic hydroxyl groups is 2. The fourth-order valence-corrected chi connectivity index (χ4v) is 2.43. The van der Waals surface area contributed by atoms with Crippen LogP contribution >= 0.6 is 0 Å². The van der Waals surface area contributed by atoms with Crippen molar-refractivity contribution in [2.24, 2.45) is 0 Å². The Morgan fingerprint density at radius 2 is 1.10 bits per heavy atom. The average molecular weight is 287 g/mol. The smallest absolute Gasteiger partial charge is 0.106 e. The van der Waals surface area contributed by atoms with E-state index in [9.17, 15) is 10.2 Å². The summed E-state index contributed by atoms with van der Waals surface area (Å²) in [5.74, 6) is 0. The zero-order valence-corrected chi connectivity index (χ0v) is 13.7. The van der Waals surface area contributed by atoms with E-state index in [-0.39, 0.29) is 0 Å². The highest BCUT2D eigenvalue weighted by atomic mass is 16.3. The van der Waals surface area contributed by atoms with E-state index in [1.165, 1.54) is 64.2 Å². The lowest BCUT2D eigenvalue weighted by Crippen LogP contribution is -2.37. The predicted molar refractivity (Wildman–Crippen MR) is 86.5 cm³/mol. The van der Waals surface area contributed by atoms with Crippen molar-refractivity contribution in [2.45, 2.75) is 110 Å². The maximum absolute atomic E-state index is 9.62. The molecule has 0 heterocycles. The van der Waals surface area contributed by atoms with Gasteiger partial charge in [-0.1, -0.05) is 78.1 Å². The number of rotatable bonds is 15. The molecule has 0 spiro atoms. The molecule has 0 fully saturated rings. The molecule has 0 aromatic carbocycles. The molecule has 20 heavy (non-hydrogen) atoms. The maximum atomic E-state index is 9.62. The first-order chi connectivity index (χ1) is 9.70. The molecule has 3 N–H and O–H groups in total. The summed E-state index contributed by atoms with van der Waals surface area (Å²) in [6.07, 6.45) is 14.8. The predicted octanol–water partition coefficient (Wildman–Crippen LogP) is 4.32. The molecule has 0 saturated carbocycles. The molecule has 0 bridgehead atoms. The molecular formula is C17H37NO2. The normalized spacial score (nSPS) is 14.4. The van der Waals surface area contributed by atoms with Crippen LogP contribution in [-0.4, -0.2) is 22.7 Å². The Balaban J connectivity index is 3.12. The van der Waals surface area contributed by atoms with E-state index in [0.717, 1.165) is 12.8 Å². The zero-order valence-electron chi connectivity index (χ0n) is 13.7. The van der Waals surface area contributed by atoms with Crippen molar-refractivity contribution in [2.75, 3.05) is 0 Å². The minimum absolute atomic E-state index is 0.552. The van der Waals surface area contributed by atoms with Crippen molar-refractivity contribution in [3.63, 3.8) is 0 Å². The molecule has 122 valence electrons. The van der Waals surface area contributed by atoms with Gasteiger partial charge in [0, 0.05) is 0 Å². The van der Waals surface area contributed by atoms with Gasteiger partial charge >= 0.3 is 0 Å². The topological polar surface area (TPSA) is 52.5 Å². The van der Waals surface area contributed by atoms with Crippen LogP contribution in [0.25, 0.3) is 0 Å². The second kappa shape index (κ2) is 15.3. The van der Waals surface area contributed by atoms with Crippen molar-refractivity contribution >= 4 is 0 Å². The SMILES string of the molecule is CCCCCCCCCCCCCC(O)NC(O)CC. The molecule has 0 aliphatic heterocycles. The van der Waals surface area contributed by atoms with Crippen LogP contribution < -0.4 is 5.32 Å². The van der Waals surface area contributed by atoms with Gasteiger partial charge in [-0.25, -0.2) is 0 Å². The first kappa shape index (κ1) is 19.9. The van der Waals surface area contributed by atoms with Gasteiger partial charge < -0.3 is 10.2 Å². The lowest BCUT2D eigenvalue weighted by atomic mass is 10.1. The molecule has 0 radical (unpaired) electrons. The van der Waals surface area contributed by atoms with Crippen LogP contribution in [0.3, 0.4) is 0 Å². The Kier molecular flexibility index (Phi) is 15.2. The summed E-state index contributed by atoms with van der Waals surface area (Å²) < 4.78 is 0. The Morgan fingerprint density at radius 3 is 1.55 bits per heavy atom. The molecule has 0 aromatic rings. The molecule has 2 unspecified atom stereocenters. The zero-order chi connectivity index (χ0) is 15.1. The second-order valence-corrected chi connectivity index (χ2v) is 5.93. The van der Waals surface area contributed by atoms with Crippen molar-refractivity contribution in [3.8, 4) is 0 Å². The molecule has 0 aliphatic carbocycles. The molecule has 2 atom stereocenters. The van der Waals surface area contributed by atoms with Gasteiger partial charge in [-0.2, -0.15) is 0 Å². The van der Waals surface area contributed by atoms with Gasteiger partial charge in [0.2, 0.25) is 0 Å². The van der Waals surface area contributed by atoms with Gasteiger partial charge in [0.05, 0.1) is 0 Å². The highest BCUT2D eigenvalue weighted by Crippen LogP contribution is 2.12. The van der Waals surface area contributed by atoms with Gasteiger partial charge in [0.1, 0.15) is 12.5 Å². The minimum Gasteiger partial charge on any atom is -0.379 e. The number of hydrogen-bond acceptors (Lipinski definition) is 3. The molecule has 3 heteroatoms. The monoisotopic (exact) mass is 287 g/mol. The van der Waals surface area contributed by atoms with Gasteiger partial charge in [0.25, 0.3) is 0 Å². The number of hydrogen-bond donors (Lipinski definition) is 3. The summed E-state index contributed by atoms with van der Waals surface area (Å²) in [6, 6.07) is 0. The minimum atomic E-state index is -0.572. The van der Waals surface area contributed by atoms with Gasteiger partial charge in [-0.15, -0.1) is 0 Å². The van der Waals surface area contributed by atoms with Crippen LogP contribution in [0.1, 0.15) is 97.3 Å². The summed E-state index contributed by atoms with van der Waals surface area (Å²) in [6.45, 7) is 4.15. The molecule has 0 saturated heterocycles. The van der Waals surface area contributed by atoms with Crippen LogP contribution in [0.4, 0.5) is 0 Å². The summed E-state index contributed by atoms with van der Waals surface area (Å²) >= 11 is 0. The Hall–Kier alpha value is -0.120. The quantitative estimate of drug-likeness (QED) is 0.310. The van der Waals surface area contributed by atoms with Crippen LogP contribution in [-0.2, 0) is 0 Å². The largest absolute Gasteiger partial charge is 0.379 e. The van der Waals surface area contributed by atoms with Crippen molar-refractivity contribution in [3.05, 3.63) is 0 Å². The van der Waals surface area contributed by atoms with E-state index < -0.39 is 12.5 Å². The van der Waals surface area contributed by atoms with Crippen LogP contribution in [0.15, 0.2) is 0 Å². The summed E-state index contributed by atoms with van der Waals surface area (Å²) in [5.41, 5.74) is 0. The number of aliphatic hydroxyl groups excluding tert-OH is 2. The van der Waals surface area contributed by atoms with E-state index >= 15 is 0 Å². The van der Waals surface area contributed by atoms with E-state index in [1.807, 2.05) is 6.92 Å². The van der Waals surface area contributed by atoms with E-state index in [0.29, 0.717) is 6.42 Å². The molecule has 0 aromatic heterocycles. The lowest BCUT2D eigenvalue weighted by molar-refractivity contribution is 0.0348. The molecular weight excluding hydrogens is 250 g/mol. The third-order valence-corrected chi connectivity index (χ3v) is 3.85. The number of nitrogens with one attached hydrogen (secondary N) is 1. The van der Waals surface area contributed by atoms with E-state index in [4.69, 9.17) is 0 Å². The fourth-order valence-electron chi connectivity index (χ4n) is 2.43. The molecule has 3 nitrogen and oxygen atoms in total. The van der Waals surface area contributed by atoms with Crippen molar-refractivity contribution < 1.29 is 10.2 Å². The first-order valence-corrected chi connectivity index (χ1v) is 8.82. The number of unbranched alkanes of at least 4 members (excludes halogenated alkanes) is 10. The fraction of sp³-hybridized carbons (Fsp3) is 1.00. The van der Waals surface area contributed by atoms with Gasteiger partial charge in [-0.3, -0.25) is 5.32 Å². The van der Waals surface area contributed by atoms with Gasteiger partial charge in [-0.05, 0) is 19.3 Å². The van der Waals surface area contributed by atoms with Crippen molar-refractivity contribution in [1.29, 1.82) is 0 Å². The van der Waals surface area contributed by atoms with E-state index in [1.54, 1.807) is 0 Å². The van der Waals surface area contributed by atoms with Crippen LogP contribution in [0.2, 0.25) is 0 Å². The molecule has 0 rings (SSSR count). The molecule has 0 amide bonds. The Labute approximate surface area is 126 Å². The van der Waals surface area contributed by atoms with E-state index in [2.05, 4.69) is 12.2 Å². The van der Waals surface area contributed by atoms with Crippen LogP contribution in [0, 0.1) is 0 Å². The lowest BCUT2D eigenvalue weighted by Gasteiger charge is -2.16. The maximum Gasteiger partial charge on any atom is 0.106 e. The Bertz CT molecular complexity index is 188. The summed E-state index contributed by atoms with van der Waals surface area (Å²) in [4.78, 5) is 0. The Morgan fingerprint density at radius 1 is 0.650 bits per heavy atom. The standard InChI is InChI=1S/C17H37NO2/c1-3-5-6-7-8-9-10-11-12-13-14-15-17(20)18-16(19)4-2/h16-20H,3-15H2,1-2H3. The summed E-state index contributed by atoms with van der Waals surface area (Å²) in [7, 11) is 0. The highest BCUT2D eigenvalue weighted by Gasteiger charge is 2.07. The summed E-state index contributed by atoms with van der Waals surface area (Å²) in [5, 5.41) is 21.7. The van der Waals surface area contributed by atoms with Crippen LogP contribution in [0.5, 0.6) is 0 Å². The third-order valence-electron chi connectivity index (χ3n) is 3.85.